The normalized spacial score (nSPS) is 24.3. The van der Waals surface area contributed by atoms with Gasteiger partial charge in [-0.05, 0) is 36.3 Å². The SMILES string of the molecule is CN=C(NC1CC1c1ccc(C(C)C)cc1)N1CCN(CC(=O)N2CCCC2)CC1.I. The van der Waals surface area contributed by atoms with E-state index in [1.807, 2.05) is 11.9 Å². The summed E-state index contributed by atoms with van der Waals surface area (Å²) in [4.78, 5) is 23.6. The molecule has 3 aliphatic rings. The zero-order chi connectivity index (χ0) is 21.1. The number of piperazine rings is 1. The van der Waals surface area contributed by atoms with Gasteiger partial charge in [0.15, 0.2) is 5.96 Å². The lowest BCUT2D eigenvalue weighted by molar-refractivity contribution is -0.131. The van der Waals surface area contributed by atoms with Crippen molar-refractivity contribution in [2.75, 3.05) is 52.9 Å². The van der Waals surface area contributed by atoms with E-state index in [9.17, 15) is 4.79 Å². The minimum Gasteiger partial charge on any atom is -0.353 e. The van der Waals surface area contributed by atoms with E-state index >= 15 is 0 Å². The lowest BCUT2D eigenvalue weighted by Crippen LogP contribution is -2.54. The Kier molecular flexibility index (Phi) is 8.61. The van der Waals surface area contributed by atoms with Gasteiger partial charge >= 0.3 is 0 Å². The fraction of sp³-hybridized carbons (Fsp3) is 0.667. The Balaban J connectivity index is 0.00000272. The molecule has 2 heterocycles. The average Bonchev–Trinajstić information content (AvgIpc) is 3.30. The van der Waals surface area contributed by atoms with Crippen LogP contribution in [0.25, 0.3) is 0 Å². The first-order chi connectivity index (χ1) is 14.5. The number of nitrogens with zero attached hydrogens (tertiary/aromatic N) is 4. The molecule has 172 valence electrons. The fourth-order valence-corrected chi connectivity index (χ4v) is 4.69. The van der Waals surface area contributed by atoms with Crippen LogP contribution in [-0.4, -0.2) is 85.5 Å². The highest BCUT2D eigenvalue weighted by Gasteiger charge is 2.39. The van der Waals surface area contributed by atoms with Crippen molar-refractivity contribution in [2.45, 2.75) is 51.0 Å². The molecule has 0 aromatic heterocycles. The van der Waals surface area contributed by atoms with Gasteiger partial charge in [-0.25, -0.2) is 0 Å². The molecule has 3 fully saturated rings. The molecule has 2 aliphatic heterocycles. The van der Waals surface area contributed by atoms with Crippen LogP contribution in [0.2, 0.25) is 0 Å². The third kappa shape index (κ3) is 6.12. The van der Waals surface area contributed by atoms with Crippen molar-refractivity contribution in [1.82, 2.24) is 20.0 Å². The van der Waals surface area contributed by atoms with Gasteiger partial charge in [-0.3, -0.25) is 14.7 Å². The molecule has 2 unspecified atom stereocenters. The summed E-state index contributed by atoms with van der Waals surface area (Å²) in [5.74, 6) is 2.47. The monoisotopic (exact) mass is 539 g/mol. The maximum absolute atomic E-state index is 12.4. The number of carbonyl (C=O) groups excluding carboxylic acids is 1. The standard InChI is InChI=1S/C24H37N5O.HI/c1-18(2)19-6-8-20(9-7-19)21-16-22(21)26-24(25-3)29-14-12-27(13-15-29)17-23(30)28-10-4-5-11-28;/h6-9,18,21-22H,4-5,10-17H2,1-3H3,(H,25,26);1H. The summed E-state index contributed by atoms with van der Waals surface area (Å²) in [6.07, 6.45) is 3.49. The molecule has 2 atom stereocenters. The third-order valence-electron chi connectivity index (χ3n) is 6.84. The highest BCUT2D eigenvalue weighted by atomic mass is 127. The number of rotatable bonds is 5. The smallest absolute Gasteiger partial charge is 0.236 e. The predicted octanol–water partition coefficient (Wildman–Crippen LogP) is 3.10. The maximum Gasteiger partial charge on any atom is 0.236 e. The maximum atomic E-state index is 12.4. The van der Waals surface area contributed by atoms with Crippen molar-refractivity contribution in [3.8, 4) is 0 Å². The fourth-order valence-electron chi connectivity index (χ4n) is 4.69. The Hall–Kier alpha value is -1.35. The molecule has 0 spiro atoms. The van der Waals surface area contributed by atoms with Crippen molar-refractivity contribution in [1.29, 1.82) is 0 Å². The minimum absolute atomic E-state index is 0. The van der Waals surface area contributed by atoms with Gasteiger partial charge in [0.25, 0.3) is 0 Å². The van der Waals surface area contributed by atoms with Crippen molar-refractivity contribution < 1.29 is 4.79 Å². The summed E-state index contributed by atoms with van der Waals surface area (Å²) in [6.45, 7) is 10.6. The largest absolute Gasteiger partial charge is 0.353 e. The van der Waals surface area contributed by atoms with Crippen LogP contribution in [0.4, 0.5) is 0 Å². The highest BCUT2D eigenvalue weighted by Crippen LogP contribution is 2.41. The number of likely N-dealkylation sites (tertiary alicyclic amines) is 1. The molecule has 1 aromatic carbocycles. The van der Waals surface area contributed by atoms with E-state index in [1.54, 1.807) is 0 Å². The number of guanidine groups is 1. The molecule has 0 bridgehead atoms. The van der Waals surface area contributed by atoms with Gasteiger partial charge in [0.1, 0.15) is 0 Å². The Bertz CT molecular complexity index is 752. The first kappa shape index (κ1) is 24.3. The molecule has 0 radical (unpaired) electrons. The van der Waals surface area contributed by atoms with Gasteiger partial charge in [-0.2, -0.15) is 0 Å². The molecular weight excluding hydrogens is 501 g/mol. The number of benzene rings is 1. The number of halogens is 1. The van der Waals surface area contributed by atoms with E-state index in [4.69, 9.17) is 0 Å². The van der Waals surface area contributed by atoms with E-state index in [1.165, 1.54) is 17.5 Å². The Morgan fingerprint density at radius 3 is 2.26 bits per heavy atom. The van der Waals surface area contributed by atoms with Crippen LogP contribution in [-0.2, 0) is 4.79 Å². The van der Waals surface area contributed by atoms with Gasteiger partial charge in [-0.15, -0.1) is 24.0 Å². The Labute approximate surface area is 204 Å². The summed E-state index contributed by atoms with van der Waals surface area (Å²) < 4.78 is 0. The number of hydrogen-bond acceptors (Lipinski definition) is 3. The van der Waals surface area contributed by atoms with Crippen molar-refractivity contribution >= 4 is 35.8 Å². The zero-order valence-electron chi connectivity index (χ0n) is 19.2. The van der Waals surface area contributed by atoms with Crippen LogP contribution in [0.15, 0.2) is 29.3 Å². The van der Waals surface area contributed by atoms with Crippen LogP contribution in [0.5, 0.6) is 0 Å². The van der Waals surface area contributed by atoms with E-state index in [0.717, 1.165) is 58.1 Å². The first-order valence-electron chi connectivity index (χ1n) is 11.6. The lowest BCUT2D eigenvalue weighted by Gasteiger charge is -2.36. The van der Waals surface area contributed by atoms with Crippen LogP contribution in [0.3, 0.4) is 0 Å². The highest BCUT2D eigenvalue weighted by molar-refractivity contribution is 14.0. The van der Waals surface area contributed by atoms with E-state index in [-0.39, 0.29) is 24.0 Å². The molecule has 1 aliphatic carbocycles. The molecule has 1 amide bonds. The summed E-state index contributed by atoms with van der Waals surface area (Å²) in [5, 5.41) is 3.68. The van der Waals surface area contributed by atoms with Gasteiger partial charge < -0.3 is 15.1 Å². The van der Waals surface area contributed by atoms with E-state index in [0.29, 0.717) is 30.3 Å². The number of carbonyl (C=O) groups is 1. The molecule has 2 saturated heterocycles. The molecular formula is C24H38IN5O. The average molecular weight is 540 g/mol. The van der Waals surface area contributed by atoms with Crippen molar-refractivity contribution in [3.63, 3.8) is 0 Å². The number of nitrogens with one attached hydrogen (secondary N) is 1. The molecule has 4 rings (SSSR count). The number of aliphatic imine (C=N–C) groups is 1. The topological polar surface area (TPSA) is 51.2 Å². The number of hydrogen-bond donors (Lipinski definition) is 1. The van der Waals surface area contributed by atoms with Gasteiger partial charge in [0.05, 0.1) is 6.54 Å². The lowest BCUT2D eigenvalue weighted by atomic mass is 10.0. The van der Waals surface area contributed by atoms with Gasteiger partial charge in [0, 0.05) is 58.3 Å². The summed E-state index contributed by atoms with van der Waals surface area (Å²) in [5.41, 5.74) is 2.83. The molecule has 1 saturated carbocycles. The van der Waals surface area contributed by atoms with Crippen LogP contribution in [0, 0.1) is 0 Å². The second kappa shape index (κ2) is 11.0. The van der Waals surface area contributed by atoms with E-state index < -0.39 is 0 Å². The second-order valence-corrected chi connectivity index (χ2v) is 9.31. The number of amides is 1. The van der Waals surface area contributed by atoms with Crippen LogP contribution >= 0.6 is 24.0 Å². The van der Waals surface area contributed by atoms with E-state index in [2.05, 4.69) is 58.2 Å². The Morgan fingerprint density at radius 1 is 1.03 bits per heavy atom. The van der Waals surface area contributed by atoms with Crippen molar-refractivity contribution in [2.24, 2.45) is 4.99 Å². The molecule has 1 N–H and O–H groups in total. The zero-order valence-corrected chi connectivity index (χ0v) is 21.5. The predicted molar refractivity (Wildman–Crippen MR) is 137 cm³/mol. The molecule has 1 aromatic rings. The molecule has 31 heavy (non-hydrogen) atoms. The first-order valence-corrected chi connectivity index (χ1v) is 11.6. The van der Waals surface area contributed by atoms with Gasteiger partial charge in [0.2, 0.25) is 5.91 Å². The minimum atomic E-state index is 0. The summed E-state index contributed by atoms with van der Waals surface area (Å²) in [7, 11) is 1.88. The third-order valence-corrected chi connectivity index (χ3v) is 6.84. The quantitative estimate of drug-likeness (QED) is 0.355. The molecule has 6 nitrogen and oxygen atoms in total. The van der Waals surface area contributed by atoms with Gasteiger partial charge in [-0.1, -0.05) is 38.1 Å². The summed E-state index contributed by atoms with van der Waals surface area (Å²) >= 11 is 0. The Morgan fingerprint density at radius 2 is 1.68 bits per heavy atom. The molecule has 7 heteroatoms. The summed E-state index contributed by atoms with van der Waals surface area (Å²) in [6, 6.07) is 9.60. The van der Waals surface area contributed by atoms with Crippen molar-refractivity contribution in [3.05, 3.63) is 35.4 Å². The van der Waals surface area contributed by atoms with Crippen LogP contribution in [0.1, 0.15) is 56.1 Å². The second-order valence-electron chi connectivity index (χ2n) is 9.31. The van der Waals surface area contributed by atoms with Crippen LogP contribution < -0.4 is 5.32 Å².